The van der Waals surface area contributed by atoms with Gasteiger partial charge < -0.3 is 76.7 Å². The predicted octanol–water partition coefficient (Wildman–Crippen LogP) is 6.46. The highest BCUT2D eigenvalue weighted by molar-refractivity contribution is 5.72. The van der Waals surface area contributed by atoms with Gasteiger partial charge in [0.25, 0.3) is 0 Å². The van der Waals surface area contributed by atoms with E-state index < -0.39 is 95.9 Å². The van der Waals surface area contributed by atoms with Crippen LogP contribution in [0, 0.1) is 35.5 Å². The molecule has 8 saturated heterocycles. The van der Waals surface area contributed by atoms with Crippen LogP contribution in [0.3, 0.4) is 0 Å². The summed E-state index contributed by atoms with van der Waals surface area (Å²) in [5.74, 6) is -5.07. The van der Waals surface area contributed by atoms with Crippen molar-refractivity contribution in [2.24, 2.45) is 35.5 Å². The fourth-order valence-corrected chi connectivity index (χ4v) is 14.0. The highest BCUT2D eigenvalue weighted by Crippen LogP contribution is 2.55. The third kappa shape index (κ3) is 11.2. The minimum atomic E-state index is -1.28. The zero-order valence-electron chi connectivity index (χ0n) is 45.0. The standard InChI is InChI=1S/C53H90O18/c1-26-23-27(2)52(11,56)68-42(26)37-24-38(63-40-17-15-35(58-12)32(7)61-40)48(64-37)51(10)20-19-39(67-51)50(9)21-22-53(71-50)25-34(54)28(3)44(69-53)30(5)46-47(60-14)45(29(4)43(66-46)31(6)49(55)70-57)65-41-18-16-36(59-13)33(8)62-41/h26-48,54,56-57H,15-25H2,1-14H3/t26-,27+,28+,29-,30+,31+,32+,33?,34-,35-,36?,37+,38-,39?,40-,41?,42?,43-,44-,45-,46-,47-,48+,50-,51-,52-,53?/m0/s1. The van der Waals surface area contributed by atoms with Gasteiger partial charge in [-0.25, -0.2) is 4.79 Å². The first-order chi connectivity index (χ1) is 33.5. The number of aliphatic hydroxyl groups excluding tert-OH is 1. The molecule has 3 N–H and O–H groups in total. The molecule has 8 aliphatic heterocycles. The second-order valence-corrected chi connectivity index (χ2v) is 23.8. The van der Waals surface area contributed by atoms with E-state index in [-0.39, 0.29) is 78.9 Å². The molecule has 0 aliphatic carbocycles. The SMILES string of the molecule is COC1CCC(O[C@H]2[C@@H](C)[C@@H]([C@@H](C)C(=O)OO)O[C@@H]([C@H](C)[C@H]3OC4(CC[C@@](C)(C5CC[C@@](C)([C@@H]6O[C@@H](C7O[C@](C)(O)[C@H](C)C[C@@H]7C)C[C@@H]6O[C@H]6CC[C@H](OC)[C@@H](C)O6)O5)O4)C[C@H](O)[C@H]3C)[C@H]2OC)OC1C. The number of hydrogen-bond acceptors (Lipinski definition) is 18. The Hall–Kier alpha value is -1.17. The average molecular weight is 1020 g/mol. The maximum absolute atomic E-state index is 12.9. The van der Waals surface area contributed by atoms with E-state index in [2.05, 4.69) is 25.7 Å². The third-order valence-electron chi connectivity index (χ3n) is 18.7. The van der Waals surface area contributed by atoms with Crippen LogP contribution in [0.4, 0.5) is 0 Å². The van der Waals surface area contributed by atoms with Gasteiger partial charge >= 0.3 is 5.97 Å². The van der Waals surface area contributed by atoms with Gasteiger partial charge in [-0.2, -0.15) is 5.26 Å². The molecule has 6 unspecified atom stereocenters. The zero-order valence-corrected chi connectivity index (χ0v) is 45.0. The van der Waals surface area contributed by atoms with Gasteiger partial charge in [-0.3, -0.25) is 0 Å². The number of aliphatic hydroxyl groups is 2. The van der Waals surface area contributed by atoms with Crippen molar-refractivity contribution in [3.8, 4) is 0 Å². The smallest absolute Gasteiger partial charge is 0.347 e. The minimum Gasteiger partial charge on any atom is -0.393 e. The number of carbonyl (C=O) groups excluding carboxylic acids is 1. The average Bonchev–Trinajstić information content (AvgIpc) is 4.05. The summed E-state index contributed by atoms with van der Waals surface area (Å²) >= 11 is 0. The number of ether oxygens (including phenoxy) is 13. The Balaban J connectivity index is 0.992. The van der Waals surface area contributed by atoms with Crippen LogP contribution >= 0.6 is 0 Å². The molecule has 0 aromatic carbocycles. The first-order valence-corrected chi connectivity index (χ1v) is 27.0. The molecule has 0 saturated carbocycles. The molecule has 8 rings (SSSR count). The predicted molar refractivity (Wildman–Crippen MR) is 254 cm³/mol. The molecule has 8 fully saturated rings. The van der Waals surface area contributed by atoms with E-state index in [1.165, 1.54) is 0 Å². The molecule has 71 heavy (non-hydrogen) atoms. The first-order valence-electron chi connectivity index (χ1n) is 27.0. The van der Waals surface area contributed by atoms with E-state index in [9.17, 15) is 20.3 Å². The fraction of sp³-hybridized carbons (Fsp3) is 0.981. The van der Waals surface area contributed by atoms with Gasteiger partial charge in [0.05, 0.1) is 96.5 Å². The van der Waals surface area contributed by atoms with Crippen LogP contribution in [0.25, 0.3) is 0 Å². The van der Waals surface area contributed by atoms with Gasteiger partial charge in [-0.1, -0.05) is 34.6 Å². The normalized spacial score (nSPS) is 52.7. The van der Waals surface area contributed by atoms with Crippen LogP contribution in [0.5, 0.6) is 0 Å². The quantitative estimate of drug-likeness (QED) is 0.126. The van der Waals surface area contributed by atoms with Crippen LogP contribution in [-0.4, -0.2) is 170 Å². The Morgan fingerprint density at radius 2 is 1.31 bits per heavy atom. The lowest BCUT2D eigenvalue weighted by atomic mass is 9.75. The number of hydrogen-bond donors (Lipinski definition) is 3. The molecule has 0 bridgehead atoms. The number of carbonyl (C=O) groups is 1. The van der Waals surface area contributed by atoms with Gasteiger partial charge in [0, 0.05) is 77.1 Å². The summed E-state index contributed by atoms with van der Waals surface area (Å²) < 4.78 is 86.0. The summed E-state index contributed by atoms with van der Waals surface area (Å²) in [5, 5.41) is 32.7. The summed E-state index contributed by atoms with van der Waals surface area (Å²) in [5.41, 5.74) is -1.54. The lowest BCUT2D eigenvalue weighted by Gasteiger charge is -2.53. The molecule has 0 amide bonds. The Bertz CT molecular complexity index is 1770. The van der Waals surface area contributed by atoms with Crippen LogP contribution in [0.15, 0.2) is 0 Å². The Labute approximate surface area is 422 Å². The largest absolute Gasteiger partial charge is 0.393 e. The second kappa shape index (κ2) is 22.1. The highest BCUT2D eigenvalue weighted by Gasteiger charge is 2.63. The Morgan fingerprint density at radius 3 is 1.92 bits per heavy atom. The summed E-state index contributed by atoms with van der Waals surface area (Å²) in [6, 6.07) is 0. The Kier molecular flexibility index (Phi) is 17.4. The lowest BCUT2D eigenvalue weighted by molar-refractivity contribution is -0.345. The van der Waals surface area contributed by atoms with Crippen LogP contribution < -0.4 is 0 Å². The molecule has 8 heterocycles. The second-order valence-electron chi connectivity index (χ2n) is 23.8. The molecule has 18 nitrogen and oxygen atoms in total. The van der Waals surface area contributed by atoms with Crippen LogP contribution in [-0.2, 0) is 71.3 Å². The van der Waals surface area contributed by atoms with Gasteiger partial charge in [-0.15, -0.1) is 0 Å². The molecule has 18 heteroatoms. The molecular weight excluding hydrogens is 925 g/mol. The molecule has 0 aromatic heterocycles. The lowest BCUT2D eigenvalue weighted by Crippen LogP contribution is -2.63. The van der Waals surface area contributed by atoms with Crippen molar-refractivity contribution in [2.45, 2.75) is 274 Å². The molecule has 1 spiro atoms. The van der Waals surface area contributed by atoms with Crippen LogP contribution in [0.2, 0.25) is 0 Å². The molecule has 8 aliphatic rings. The van der Waals surface area contributed by atoms with Crippen molar-refractivity contribution in [1.82, 2.24) is 0 Å². The third-order valence-corrected chi connectivity index (χ3v) is 18.7. The molecule has 27 atom stereocenters. The minimum absolute atomic E-state index is 0.00227. The van der Waals surface area contributed by atoms with E-state index in [4.69, 9.17) is 61.6 Å². The monoisotopic (exact) mass is 1010 g/mol. The van der Waals surface area contributed by atoms with Gasteiger partial charge in [0.15, 0.2) is 24.2 Å². The van der Waals surface area contributed by atoms with E-state index in [0.717, 1.165) is 19.3 Å². The first kappa shape index (κ1) is 56.0. The molecule has 0 aromatic rings. The van der Waals surface area contributed by atoms with Gasteiger partial charge in [-0.05, 0) is 86.0 Å². The number of methoxy groups -OCH3 is 3. The van der Waals surface area contributed by atoms with Gasteiger partial charge in [0.2, 0.25) is 0 Å². The summed E-state index contributed by atoms with van der Waals surface area (Å²) in [4.78, 5) is 17.2. The fourth-order valence-electron chi connectivity index (χ4n) is 14.0. The zero-order chi connectivity index (χ0) is 51.5. The van der Waals surface area contributed by atoms with E-state index >= 15 is 0 Å². The number of rotatable bonds is 14. The van der Waals surface area contributed by atoms with Crippen molar-refractivity contribution in [3.63, 3.8) is 0 Å². The van der Waals surface area contributed by atoms with E-state index in [1.54, 1.807) is 35.2 Å². The molecule has 0 radical (unpaired) electrons. The van der Waals surface area contributed by atoms with E-state index in [0.29, 0.717) is 44.9 Å². The highest BCUT2D eigenvalue weighted by atomic mass is 17.1. The Morgan fingerprint density at radius 1 is 0.662 bits per heavy atom. The van der Waals surface area contributed by atoms with Crippen molar-refractivity contribution in [3.05, 3.63) is 0 Å². The summed E-state index contributed by atoms with van der Waals surface area (Å²) in [6.07, 6.45) is -0.135. The van der Waals surface area contributed by atoms with Crippen LogP contribution in [0.1, 0.15) is 147 Å². The maximum Gasteiger partial charge on any atom is 0.347 e. The maximum atomic E-state index is 12.9. The van der Waals surface area contributed by atoms with E-state index in [1.807, 2.05) is 41.5 Å². The summed E-state index contributed by atoms with van der Waals surface area (Å²) in [7, 11) is 5.01. The van der Waals surface area contributed by atoms with Crippen molar-refractivity contribution in [2.75, 3.05) is 21.3 Å². The van der Waals surface area contributed by atoms with Crippen molar-refractivity contribution >= 4 is 5.97 Å². The van der Waals surface area contributed by atoms with Crippen molar-refractivity contribution in [1.29, 1.82) is 0 Å². The summed E-state index contributed by atoms with van der Waals surface area (Å²) in [6.45, 7) is 21.7. The molecular formula is C53H90O18. The molecule has 410 valence electrons. The van der Waals surface area contributed by atoms with Gasteiger partial charge in [0.1, 0.15) is 12.2 Å². The van der Waals surface area contributed by atoms with Crippen molar-refractivity contribution < 1.29 is 86.7 Å². The topological polar surface area (TPSA) is 207 Å².